The summed E-state index contributed by atoms with van der Waals surface area (Å²) in [5, 5.41) is 16.0. The quantitative estimate of drug-likeness (QED) is 0.570. The van der Waals surface area contributed by atoms with Crippen LogP contribution in [0.3, 0.4) is 0 Å². The maximum Gasteiger partial charge on any atom is 0.227 e. The van der Waals surface area contributed by atoms with Crippen molar-refractivity contribution in [2.24, 2.45) is 0 Å². The number of anilines is 2. The normalized spacial score (nSPS) is 12.5. The van der Waals surface area contributed by atoms with Crippen LogP contribution >= 0.6 is 0 Å². The maximum atomic E-state index is 9.47. The van der Waals surface area contributed by atoms with Crippen molar-refractivity contribution in [2.75, 3.05) is 17.2 Å². The summed E-state index contributed by atoms with van der Waals surface area (Å²) in [6.45, 7) is 6.79. The molecule has 3 aromatic heterocycles. The van der Waals surface area contributed by atoms with E-state index in [4.69, 9.17) is 0 Å². The van der Waals surface area contributed by atoms with Crippen LogP contribution in [0.2, 0.25) is 0 Å². The molecular formula is C18H27N7O. The molecule has 0 aromatic carbocycles. The largest absolute Gasteiger partial charge is 0.394 e. The minimum absolute atomic E-state index is 0. The number of nitrogens with zero attached hydrogens (tertiary/aromatic N) is 5. The molecule has 3 N–H and O–H groups in total. The Morgan fingerprint density at radius 2 is 2.15 bits per heavy atom. The van der Waals surface area contributed by atoms with Gasteiger partial charge in [0.2, 0.25) is 5.95 Å². The summed E-state index contributed by atoms with van der Waals surface area (Å²) in [4.78, 5) is 17.8. The van der Waals surface area contributed by atoms with Crippen LogP contribution in [0.15, 0.2) is 30.9 Å². The van der Waals surface area contributed by atoms with Crippen molar-refractivity contribution in [2.45, 2.75) is 45.8 Å². The number of nitrogens with one attached hydrogen (secondary N) is 2. The van der Waals surface area contributed by atoms with Gasteiger partial charge in [0.1, 0.15) is 0 Å². The molecule has 3 rings (SSSR count). The highest BCUT2D eigenvalue weighted by molar-refractivity contribution is 5.84. The highest BCUT2D eigenvalue weighted by Crippen LogP contribution is 2.24. The van der Waals surface area contributed by atoms with E-state index in [2.05, 4.69) is 44.4 Å². The summed E-state index contributed by atoms with van der Waals surface area (Å²) in [7, 11) is 0. The molecule has 0 bridgehead atoms. The maximum absolute atomic E-state index is 9.47. The number of pyridine rings is 1. The van der Waals surface area contributed by atoms with E-state index in [9.17, 15) is 5.11 Å². The van der Waals surface area contributed by atoms with Crippen LogP contribution < -0.4 is 10.6 Å². The van der Waals surface area contributed by atoms with Gasteiger partial charge in [-0.05, 0) is 31.9 Å². The summed E-state index contributed by atoms with van der Waals surface area (Å²) in [5.41, 5.74) is 2.54. The molecule has 0 fully saturated rings. The van der Waals surface area contributed by atoms with Gasteiger partial charge >= 0.3 is 0 Å². The topological polar surface area (TPSA) is 101 Å². The summed E-state index contributed by atoms with van der Waals surface area (Å²) >= 11 is 0. The van der Waals surface area contributed by atoms with Gasteiger partial charge in [-0.2, -0.15) is 9.97 Å². The summed E-state index contributed by atoms with van der Waals surface area (Å²) in [6, 6.07) is 4.05. The Morgan fingerprint density at radius 3 is 2.81 bits per heavy atom. The van der Waals surface area contributed by atoms with Gasteiger partial charge < -0.3 is 20.3 Å². The second-order valence-corrected chi connectivity index (χ2v) is 6.46. The first-order valence-corrected chi connectivity index (χ1v) is 8.87. The number of rotatable bonds is 8. The van der Waals surface area contributed by atoms with Crippen LogP contribution in [0.1, 0.15) is 40.2 Å². The van der Waals surface area contributed by atoms with Gasteiger partial charge in [0.15, 0.2) is 17.0 Å². The molecule has 0 saturated carbocycles. The molecule has 0 radical (unpaired) electrons. The summed E-state index contributed by atoms with van der Waals surface area (Å²) in [6.07, 6.45) is 6.13. The Labute approximate surface area is 154 Å². The Morgan fingerprint density at radius 1 is 1.31 bits per heavy atom. The predicted molar refractivity (Wildman–Crippen MR) is 104 cm³/mol. The number of imidazole rings is 1. The van der Waals surface area contributed by atoms with Crippen molar-refractivity contribution in [1.82, 2.24) is 24.5 Å². The fourth-order valence-corrected chi connectivity index (χ4v) is 2.63. The number of aliphatic hydroxyl groups is 1. The number of hydrogen-bond acceptors (Lipinski definition) is 7. The fourth-order valence-electron chi connectivity index (χ4n) is 2.63. The zero-order valence-electron chi connectivity index (χ0n) is 15.3. The average Bonchev–Trinajstić information content (AvgIpc) is 3.09. The van der Waals surface area contributed by atoms with E-state index in [0.29, 0.717) is 18.3 Å². The molecule has 26 heavy (non-hydrogen) atoms. The molecule has 0 aliphatic carbocycles. The SMILES string of the molecule is CC[C@H](CO)Nc1nc(NCc2cccnc2)c2ncn(C(C)C)c2n1.[HH]. The highest BCUT2D eigenvalue weighted by atomic mass is 16.3. The van der Waals surface area contributed by atoms with Gasteiger partial charge in [-0.25, -0.2) is 4.98 Å². The third-order valence-electron chi connectivity index (χ3n) is 4.21. The van der Waals surface area contributed by atoms with Crippen LogP contribution in [0.4, 0.5) is 11.8 Å². The van der Waals surface area contributed by atoms with Crippen LogP contribution in [0.5, 0.6) is 0 Å². The summed E-state index contributed by atoms with van der Waals surface area (Å²) < 4.78 is 2.01. The molecule has 8 nitrogen and oxygen atoms in total. The molecule has 0 aliphatic rings. The van der Waals surface area contributed by atoms with Gasteiger partial charge in [0.05, 0.1) is 19.0 Å². The Hall–Kier alpha value is -2.74. The molecule has 0 unspecified atom stereocenters. The van der Waals surface area contributed by atoms with Crippen molar-refractivity contribution < 1.29 is 6.53 Å². The monoisotopic (exact) mass is 357 g/mol. The second kappa shape index (κ2) is 8.09. The minimum Gasteiger partial charge on any atom is -0.394 e. The molecular weight excluding hydrogens is 330 g/mol. The third kappa shape index (κ3) is 3.91. The van der Waals surface area contributed by atoms with Crippen LogP contribution in [0.25, 0.3) is 11.2 Å². The van der Waals surface area contributed by atoms with E-state index < -0.39 is 0 Å². The van der Waals surface area contributed by atoms with Crippen LogP contribution in [0, 0.1) is 0 Å². The van der Waals surface area contributed by atoms with Gasteiger partial charge in [-0.3, -0.25) is 4.98 Å². The van der Waals surface area contributed by atoms with Crippen molar-refractivity contribution in [3.8, 4) is 0 Å². The molecule has 0 aliphatic heterocycles. The van der Waals surface area contributed by atoms with E-state index in [-0.39, 0.29) is 20.1 Å². The van der Waals surface area contributed by atoms with Crippen LogP contribution in [-0.4, -0.2) is 42.3 Å². The molecule has 8 heteroatoms. The van der Waals surface area contributed by atoms with Gasteiger partial charge in [-0.1, -0.05) is 13.0 Å². The van der Waals surface area contributed by atoms with Crippen molar-refractivity contribution in [3.05, 3.63) is 36.4 Å². The summed E-state index contributed by atoms with van der Waals surface area (Å²) in [5.74, 6) is 1.14. The lowest BCUT2D eigenvalue weighted by Crippen LogP contribution is -2.24. The first-order valence-electron chi connectivity index (χ1n) is 8.87. The molecule has 0 spiro atoms. The lowest BCUT2D eigenvalue weighted by atomic mass is 10.2. The minimum atomic E-state index is -0.0888. The van der Waals surface area contributed by atoms with E-state index in [1.54, 1.807) is 12.5 Å². The first kappa shape index (κ1) is 18.1. The van der Waals surface area contributed by atoms with E-state index in [0.717, 1.165) is 23.1 Å². The van der Waals surface area contributed by atoms with E-state index >= 15 is 0 Å². The number of aliphatic hydroxyl groups excluding tert-OH is 1. The van der Waals surface area contributed by atoms with Crippen molar-refractivity contribution >= 4 is 22.9 Å². The molecule has 3 aromatic rings. The molecule has 0 saturated heterocycles. The van der Waals surface area contributed by atoms with Gasteiger partial charge in [0.25, 0.3) is 0 Å². The van der Waals surface area contributed by atoms with Gasteiger partial charge in [-0.15, -0.1) is 0 Å². The number of fused-ring (bicyclic) bond motifs is 1. The van der Waals surface area contributed by atoms with Crippen molar-refractivity contribution in [1.29, 1.82) is 0 Å². The predicted octanol–water partition coefficient (Wildman–Crippen LogP) is 2.84. The average molecular weight is 357 g/mol. The zero-order valence-corrected chi connectivity index (χ0v) is 15.3. The highest BCUT2D eigenvalue weighted by Gasteiger charge is 2.16. The van der Waals surface area contributed by atoms with Gasteiger partial charge in [0, 0.05) is 26.4 Å². The number of hydrogen-bond donors (Lipinski definition) is 3. The third-order valence-corrected chi connectivity index (χ3v) is 4.21. The molecule has 0 amide bonds. The lowest BCUT2D eigenvalue weighted by molar-refractivity contribution is 0.271. The number of aromatic nitrogens is 5. The van der Waals surface area contributed by atoms with E-state index in [1.807, 2.05) is 29.8 Å². The smallest absolute Gasteiger partial charge is 0.227 e. The van der Waals surface area contributed by atoms with Crippen LogP contribution in [-0.2, 0) is 6.54 Å². The Bertz CT molecular complexity index is 850. The molecule has 1 atom stereocenters. The zero-order chi connectivity index (χ0) is 18.5. The van der Waals surface area contributed by atoms with E-state index in [1.165, 1.54) is 0 Å². The van der Waals surface area contributed by atoms with Crippen molar-refractivity contribution in [3.63, 3.8) is 0 Å². The Kier molecular flexibility index (Phi) is 5.62. The molecule has 3 heterocycles. The lowest BCUT2D eigenvalue weighted by Gasteiger charge is -2.16. The fraction of sp³-hybridized carbons (Fsp3) is 0.444. The standard InChI is InChI=1S/C18H25N7O.H2/c1-4-14(10-26)22-18-23-16(20-9-13-6-5-7-19-8-13)15-17(24-18)25(11-21-15)12(2)3;/h5-8,11-12,14,26H,4,9-10H2,1-3H3,(H2,20,22,23,24);1H/t14-;/m1./s1. The molecule has 140 valence electrons. The Balaban J connectivity index is 0.00000261. The second-order valence-electron chi connectivity index (χ2n) is 6.46. The first-order chi connectivity index (χ1) is 12.6.